The summed E-state index contributed by atoms with van der Waals surface area (Å²) in [6, 6.07) is 9.18. The van der Waals surface area contributed by atoms with Crippen LogP contribution in [0.1, 0.15) is 25.0 Å². The van der Waals surface area contributed by atoms with Gasteiger partial charge in [0.15, 0.2) is 5.69 Å². The van der Waals surface area contributed by atoms with Crippen molar-refractivity contribution in [3.63, 3.8) is 0 Å². The average molecular weight is 434 g/mol. The van der Waals surface area contributed by atoms with Gasteiger partial charge in [0.25, 0.3) is 5.56 Å². The number of nitrogens with zero attached hydrogens (tertiary/aromatic N) is 2. The molecule has 0 radical (unpaired) electrons. The van der Waals surface area contributed by atoms with E-state index >= 15 is 0 Å². The van der Waals surface area contributed by atoms with Gasteiger partial charge in [0.05, 0.1) is 12.5 Å². The second-order valence-corrected chi connectivity index (χ2v) is 6.89. The van der Waals surface area contributed by atoms with Crippen molar-refractivity contribution in [3.05, 3.63) is 76.5 Å². The summed E-state index contributed by atoms with van der Waals surface area (Å²) in [6.45, 7) is 1.60. The van der Waals surface area contributed by atoms with Crippen LogP contribution in [0.4, 0.5) is 10.5 Å². The van der Waals surface area contributed by atoms with E-state index in [-0.39, 0.29) is 48.8 Å². The number of benzene rings is 1. The number of pyridine rings is 1. The summed E-state index contributed by atoms with van der Waals surface area (Å²) < 4.78 is 3.09. The molecule has 2 aromatic heterocycles. The van der Waals surface area contributed by atoms with E-state index in [1.165, 1.54) is 17.8 Å². The molecule has 2 amide bonds. The van der Waals surface area contributed by atoms with Crippen molar-refractivity contribution in [2.75, 3.05) is 5.32 Å². The first kappa shape index (κ1) is 24.3. The van der Waals surface area contributed by atoms with Crippen molar-refractivity contribution in [1.29, 1.82) is 0 Å². The molecule has 4 N–H and O–H groups in total. The monoisotopic (exact) mass is 434 g/mol. The fourth-order valence-corrected chi connectivity index (χ4v) is 3.14. The molecular weight excluding hydrogens is 411 g/mol. The Morgan fingerprint density at radius 3 is 2.52 bits per heavy atom. The minimum Gasteiger partial charge on any atom is -1.00 e. The molecule has 3 aromatic rings. The summed E-state index contributed by atoms with van der Waals surface area (Å²) in [5.74, 6) is -1.43. The number of rotatable bonds is 6. The smallest absolute Gasteiger partial charge is 1.00 e. The van der Waals surface area contributed by atoms with Crippen LogP contribution < -0.4 is 45.8 Å². The summed E-state index contributed by atoms with van der Waals surface area (Å²) in [5, 5.41) is 24.4. The Morgan fingerprint density at radius 2 is 1.87 bits per heavy atom. The zero-order chi connectivity index (χ0) is 21.8. The molecule has 9 nitrogen and oxygen atoms in total. The molecule has 1 atom stereocenters. The molecule has 1 unspecified atom stereocenters. The van der Waals surface area contributed by atoms with Crippen molar-refractivity contribution in [3.8, 4) is 11.4 Å². The first-order chi connectivity index (χ1) is 14.3. The summed E-state index contributed by atoms with van der Waals surface area (Å²) in [6.07, 6.45) is 4.78. The van der Waals surface area contributed by atoms with Gasteiger partial charge >= 0.3 is 41.6 Å². The number of aryl methyl sites for hydroxylation is 2. The number of aliphatic carboxylic acids is 1. The van der Waals surface area contributed by atoms with Gasteiger partial charge in [0, 0.05) is 36.9 Å². The van der Waals surface area contributed by atoms with Crippen molar-refractivity contribution in [2.45, 2.75) is 19.4 Å². The molecule has 0 aliphatic rings. The normalized spacial score (nSPS) is 11.3. The van der Waals surface area contributed by atoms with Gasteiger partial charge in [-0.25, -0.2) is 4.79 Å². The molecule has 0 aliphatic heterocycles. The topological polar surface area (TPSA) is 126 Å². The molecule has 158 valence electrons. The standard InChI is InChI=1S/C21H22N4O5.Na.H/c1-13-12-24(2)20(29)18(19(13)28)23-21(30)22-16(11-17(26)27)14-6-5-7-15(10-14)25-8-3-4-9-25;;/h3-10,12,16,28H,11H2,1-2H3,(H,26,27)(H2,22,23,30);;/q;+1;-1. The van der Waals surface area contributed by atoms with Crippen LogP contribution in [-0.2, 0) is 11.8 Å². The minimum absolute atomic E-state index is 0. The van der Waals surface area contributed by atoms with Crippen molar-refractivity contribution in [1.82, 2.24) is 14.5 Å². The number of hydrogen-bond donors (Lipinski definition) is 4. The third kappa shape index (κ3) is 5.78. The maximum atomic E-state index is 12.5. The molecule has 0 fully saturated rings. The van der Waals surface area contributed by atoms with Gasteiger partial charge in [0.1, 0.15) is 5.75 Å². The molecule has 2 heterocycles. The summed E-state index contributed by atoms with van der Waals surface area (Å²) in [4.78, 5) is 36.2. The van der Waals surface area contributed by atoms with Gasteiger partial charge in [-0.1, -0.05) is 12.1 Å². The number of nitrogens with one attached hydrogen (secondary N) is 2. The number of aromatic hydroxyl groups is 1. The number of carbonyl (C=O) groups is 2. The van der Waals surface area contributed by atoms with Crippen LogP contribution in [0.2, 0.25) is 0 Å². The van der Waals surface area contributed by atoms with Crippen molar-refractivity contribution >= 4 is 17.7 Å². The summed E-state index contributed by atoms with van der Waals surface area (Å²) >= 11 is 0. The van der Waals surface area contributed by atoms with Crippen LogP contribution in [0, 0.1) is 6.92 Å². The molecule has 31 heavy (non-hydrogen) atoms. The van der Waals surface area contributed by atoms with Gasteiger partial charge in [-0.15, -0.1) is 0 Å². The van der Waals surface area contributed by atoms with E-state index in [1.807, 2.05) is 35.2 Å². The number of amides is 2. The first-order valence-corrected chi connectivity index (χ1v) is 9.18. The van der Waals surface area contributed by atoms with Crippen LogP contribution >= 0.6 is 0 Å². The molecule has 10 heteroatoms. The Hall–Kier alpha value is -3.01. The van der Waals surface area contributed by atoms with Gasteiger partial charge < -0.3 is 31.4 Å². The Morgan fingerprint density at radius 1 is 1.19 bits per heavy atom. The number of carbonyl (C=O) groups excluding carboxylic acids is 1. The molecule has 0 saturated heterocycles. The van der Waals surface area contributed by atoms with Crippen LogP contribution in [-0.4, -0.2) is 31.3 Å². The molecule has 0 saturated carbocycles. The van der Waals surface area contributed by atoms with Gasteiger partial charge in [-0.05, 0) is 36.8 Å². The second kappa shape index (κ2) is 10.3. The van der Waals surface area contributed by atoms with Gasteiger partial charge in [-0.2, -0.15) is 0 Å². The van der Waals surface area contributed by atoms with Crippen LogP contribution in [0.5, 0.6) is 5.75 Å². The number of anilines is 1. The van der Waals surface area contributed by atoms with Crippen LogP contribution in [0.3, 0.4) is 0 Å². The molecular formula is C21H23N4NaO5. The third-order valence-corrected chi connectivity index (χ3v) is 4.63. The van der Waals surface area contributed by atoms with Gasteiger partial charge in [0.2, 0.25) is 0 Å². The fourth-order valence-electron chi connectivity index (χ4n) is 3.14. The Labute approximate surface area is 202 Å². The molecule has 0 bridgehead atoms. The van der Waals surface area contributed by atoms with E-state index in [9.17, 15) is 24.6 Å². The Balaban J connectivity index is 0.00000256. The first-order valence-electron chi connectivity index (χ1n) is 9.18. The van der Waals surface area contributed by atoms with Crippen molar-refractivity contribution in [2.24, 2.45) is 7.05 Å². The fraction of sp³-hybridized carbons (Fsp3) is 0.190. The molecule has 3 rings (SSSR count). The van der Waals surface area contributed by atoms with Crippen LogP contribution in [0.15, 0.2) is 59.8 Å². The largest absolute Gasteiger partial charge is 1.00 e. The number of hydrogen-bond acceptors (Lipinski definition) is 4. The number of aromatic nitrogens is 2. The SMILES string of the molecule is Cc1cn(C)c(=O)c(NC(=O)NC(CC(=O)O)c2cccc(-n3cccc3)c2)c1O.[H-].[Na+]. The zero-order valence-corrected chi connectivity index (χ0v) is 19.5. The predicted octanol–water partition coefficient (Wildman–Crippen LogP) is -0.356. The Bertz CT molecular complexity index is 1150. The molecule has 0 aliphatic carbocycles. The van der Waals surface area contributed by atoms with E-state index < -0.39 is 23.6 Å². The zero-order valence-electron chi connectivity index (χ0n) is 18.5. The quantitative estimate of drug-likeness (QED) is 0.395. The van der Waals surface area contributed by atoms with Crippen LogP contribution in [0.25, 0.3) is 5.69 Å². The van der Waals surface area contributed by atoms with E-state index in [4.69, 9.17) is 0 Å². The second-order valence-electron chi connectivity index (χ2n) is 6.89. The number of urea groups is 1. The predicted molar refractivity (Wildman–Crippen MR) is 112 cm³/mol. The minimum atomic E-state index is -1.10. The van der Waals surface area contributed by atoms with Crippen molar-refractivity contribution < 1.29 is 50.8 Å². The van der Waals surface area contributed by atoms with E-state index in [0.717, 1.165) is 5.69 Å². The average Bonchev–Trinajstić information content (AvgIpc) is 3.24. The Kier molecular flexibility index (Phi) is 8.09. The molecule has 1 aromatic carbocycles. The summed E-state index contributed by atoms with van der Waals surface area (Å²) in [5.41, 5.74) is 0.942. The summed E-state index contributed by atoms with van der Waals surface area (Å²) in [7, 11) is 1.50. The van der Waals surface area contributed by atoms with Gasteiger partial charge in [-0.3, -0.25) is 9.59 Å². The molecule has 0 spiro atoms. The number of carboxylic acids is 1. The maximum absolute atomic E-state index is 12.5. The van der Waals surface area contributed by atoms with E-state index in [2.05, 4.69) is 10.6 Å². The van der Waals surface area contributed by atoms with E-state index in [0.29, 0.717) is 11.1 Å². The number of carboxylic acid groups (broad SMARTS) is 1. The third-order valence-electron chi connectivity index (χ3n) is 4.63. The maximum Gasteiger partial charge on any atom is 1.00 e. The van der Waals surface area contributed by atoms with E-state index in [1.54, 1.807) is 25.1 Å².